The number of aliphatic carboxylic acids is 1. The van der Waals surface area contributed by atoms with E-state index in [-0.39, 0.29) is 28.8 Å². The quantitative estimate of drug-likeness (QED) is 0.649. The number of carboxylic acid groups (broad SMARTS) is 1. The summed E-state index contributed by atoms with van der Waals surface area (Å²) in [5.74, 6) is -0.0245. The van der Waals surface area contributed by atoms with E-state index in [9.17, 15) is 4.79 Å². The molecule has 5 nitrogen and oxygen atoms in total. The lowest BCUT2D eigenvalue weighted by Gasteiger charge is -2.38. The minimum absolute atomic E-state index is 0.157. The second-order valence-electron chi connectivity index (χ2n) is 10.3. The van der Waals surface area contributed by atoms with Gasteiger partial charge in [0.15, 0.2) is 11.5 Å². The Morgan fingerprint density at radius 2 is 2.03 bits per heavy atom. The first kappa shape index (κ1) is 22.9. The molecule has 3 rings (SSSR count). The largest absolute Gasteiger partial charge is 0.490 e. The summed E-state index contributed by atoms with van der Waals surface area (Å²) in [6.45, 7) is 12.1. The number of hydrogen-bond donors (Lipinski definition) is 1. The predicted molar refractivity (Wildman–Crippen MR) is 115 cm³/mol. The fourth-order valence-electron chi connectivity index (χ4n) is 4.89. The summed E-state index contributed by atoms with van der Waals surface area (Å²) in [5, 5.41) is 8.88. The number of piperidine rings is 1. The lowest BCUT2D eigenvalue weighted by atomic mass is 9.74. The summed E-state index contributed by atoms with van der Waals surface area (Å²) in [5.41, 5.74) is 1.05. The van der Waals surface area contributed by atoms with Gasteiger partial charge < -0.3 is 19.5 Å². The van der Waals surface area contributed by atoms with Crippen LogP contribution in [-0.2, 0) is 10.2 Å². The van der Waals surface area contributed by atoms with Gasteiger partial charge in [-0.3, -0.25) is 4.79 Å². The van der Waals surface area contributed by atoms with Crippen LogP contribution in [0.5, 0.6) is 11.5 Å². The summed E-state index contributed by atoms with van der Waals surface area (Å²) in [6, 6.07) is 3.71. The maximum atomic E-state index is 15.1. The van der Waals surface area contributed by atoms with Crippen LogP contribution >= 0.6 is 0 Å². The highest BCUT2D eigenvalue weighted by Crippen LogP contribution is 2.48. The molecule has 1 N–H and O–H groups in total. The monoisotopic (exact) mass is 421 g/mol. The van der Waals surface area contributed by atoms with Crippen LogP contribution in [0.25, 0.3) is 0 Å². The molecule has 2 aliphatic heterocycles. The molecule has 6 heteroatoms. The minimum Gasteiger partial charge on any atom is -0.490 e. The third-order valence-electron chi connectivity index (χ3n) is 6.41. The van der Waals surface area contributed by atoms with Gasteiger partial charge in [0.1, 0.15) is 0 Å². The van der Waals surface area contributed by atoms with Crippen LogP contribution < -0.4 is 9.47 Å². The standard InChI is InChI=1S/C24H36FNO4/c1-17(15-23(2,3)4)8-14-29-19-6-5-18-22(21(19)25)30-16-24(18)9-12-26(13-10-24)11-7-20(27)28/h5-6,17H,7-16H2,1-4H3,(H,27,28). The van der Waals surface area contributed by atoms with Gasteiger partial charge in [0, 0.05) is 17.5 Å². The predicted octanol–water partition coefficient (Wildman–Crippen LogP) is 4.87. The first-order valence-corrected chi connectivity index (χ1v) is 11.1. The molecular formula is C24H36FNO4. The minimum atomic E-state index is -0.771. The van der Waals surface area contributed by atoms with E-state index in [4.69, 9.17) is 14.6 Å². The number of ether oxygens (including phenoxy) is 2. The van der Waals surface area contributed by atoms with Crippen molar-refractivity contribution in [3.05, 3.63) is 23.5 Å². The van der Waals surface area contributed by atoms with E-state index in [1.54, 1.807) is 6.07 Å². The Morgan fingerprint density at radius 3 is 2.67 bits per heavy atom. The average molecular weight is 422 g/mol. The lowest BCUT2D eigenvalue weighted by Crippen LogP contribution is -2.44. The number of carboxylic acids is 1. The van der Waals surface area contributed by atoms with Gasteiger partial charge in [0.2, 0.25) is 5.82 Å². The Morgan fingerprint density at radius 1 is 1.33 bits per heavy atom. The van der Waals surface area contributed by atoms with Crippen LogP contribution in [0.2, 0.25) is 0 Å². The molecule has 1 aromatic carbocycles. The summed E-state index contributed by atoms with van der Waals surface area (Å²) in [4.78, 5) is 13.0. The second kappa shape index (κ2) is 9.13. The lowest BCUT2D eigenvalue weighted by molar-refractivity contribution is -0.137. The molecule has 1 aromatic rings. The van der Waals surface area contributed by atoms with E-state index in [1.807, 2.05) is 6.07 Å². The SMILES string of the molecule is CC(CCOc1ccc2c(c1F)OCC21CCN(CCC(=O)O)CC1)CC(C)(C)C. The summed E-state index contributed by atoms with van der Waals surface area (Å²) in [7, 11) is 0. The second-order valence-corrected chi connectivity index (χ2v) is 10.3. The summed E-state index contributed by atoms with van der Waals surface area (Å²) >= 11 is 0. The van der Waals surface area contributed by atoms with Crippen molar-refractivity contribution < 1.29 is 23.8 Å². The Hall–Kier alpha value is -1.82. The molecule has 168 valence electrons. The fourth-order valence-corrected chi connectivity index (χ4v) is 4.89. The number of rotatable bonds is 8. The van der Waals surface area contributed by atoms with Crippen molar-refractivity contribution in [3.63, 3.8) is 0 Å². The maximum absolute atomic E-state index is 15.1. The van der Waals surface area contributed by atoms with E-state index in [0.29, 0.717) is 31.4 Å². The van der Waals surface area contributed by atoms with Crippen molar-refractivity contribution in [2.24, 2.45) is 11.3 Å². The van der Waals surface area contributed by atoms with Crippen LogP contribution in [0, 0.1) is 17.2 Å². The molecule has 1 unspecified atom stereocenters. The Bertz CT molecular complexity index is 750. The highest BCUT2D eigenvalue weighted by molar-refractivity contribution is 5.66. The number of carbonyl (C=O) groups is 1. The topological polar surface area (TPSA) is 59.0 Å². The number of fused-ring (bicyclic) bond motifs is 2. The highest BCUT2D eigenvalue weighted by Gasteiger charge is 2.44. The van der Waals surface area contributed by atoms with E-state index in [0.717, 1.165) is 44.3 Å². The van der Waals surface area contributed by atoms with Crippen molar-refractivity contribution in [3.8, 4) is 11.5 Å². The molecule has 0 saturated carbocycles. The van der Waals surface area contributed by atoms with Crippen LogP contribution in [0.1, 0.15) is 65.4 Å². The molecule has 2 aliphatic rings. The number of benzene rings is 1. The third-order valence-corrected chi connectivity index (χ3v) is 6.41. The normalized spacial score (nSPS) is 19.4. The molecule has 0 radical (unpaired) electrons. The Labute approximate surface area is 179 Å². The molecule has 2 heterocycles. The van der Waals surface area contributed by atoms with Gasteiger partial charge in [0.25, 0.3) is 0 Å². The molecule has 30 heavy (non-hydrogen) atoms. The smallest absolute Gasteiger partial charge is 0.304 e. The molecule has 1 fully saturated rings. The van der Waals surface area contributed by atoms with Gasteiger partial charge in [-0.15, -0.1) is 0 Å². The van der Waals surface area contributed by atoms with Crippen molar-refractivity contribution in [2.45, 2.75) is 65.2 Å². The molecule has 1 spiro atoms. The first-order chi connectivity index (χ1) is 14.1. The van der Waals surface area contributed by atoms with E-state index in [2.05, 4.69) is 32.6 Å². The highest BCUT2D eigenvalue weighted by atomic mass is 19.1. The van der Waals surface area contributed by atoms with Crippen molar-refractivity contribution in [1.82, 2.24) is 4.90 Å². The van der Waals surface area contributed by atoms with Gasteiger partial charge in [0.05, 0.1) is 19.6 Å². The zero-order valence-electron chi connectivity index (χ0n) is 18.8. The van der Waals surface area contributed by atoms with Gasteiger partial charge in [-0.2, -0.15) is 4.39 Å². The van der Waals surface area contributed by atoms with Crippen LogP contribution in [0.15, 0.2) is 12.1 Å². The summed E-state index contributed by atoms with van der Waals surface area (Å²) < 4.78 is 26.7. The summed E-state index contributed by atoms with van der Waals surface area (Å²) in [6.07, 6.45) is 3.86. The van der Waals surface area contributed by atoms with E-state index >= 15 is 4.39 Å². The van der Waals surface area contributed by atoms with E-state index in [1.165, 1.54) is 0 Å². The fraction of sp³-hybridized carbons (Fsp3) is 0.708. The van der Waals surface area contributed by atoms with Crippen LogP contribution in [0.3, 0.4) is 0 Å². The molecule has 1 atom stereocenters. The molecular weight excluding hydrogens is 385 g/mol. The maximum Gasteiger partial charge on any atom is 0.304 e. The van der Waals surface area contributed by atoms with Gasteiger partial charge >= 0.3 is 5.97 Å². The third kappa shape index (κ3) is 5.45. The first-order valence-electron chi connectivity index (χ1n) is 11.1. The van der Waals surface area contributed by atoms with Gasteiger partial charge in [-0.05, 0) is 56.2 Å². The molecule has 0 aromatic heterocycles. The zero-order valence-corrected chi connectivity index (χ0v) is 18.8. The van der Waals surface area contributed by atoms with Gasteiger partial charge in [-0.1, -0.05) is 33.8 Å². The number of likely N-dealkylation sites (tertiary alicyclic amines) is 1. The van der Waals surface area contributed by atoms with Crippen LogP contribution in [0.4, 0.5) is 4.39 Å². The molecule has 0 aliphatic carbocycles. The van der Waals surface area contributed by atoms with E-state index < -0.39 is 5.97 Å². The average Bonchev–Trinajstić information content (AvgIpc) is 3.01. The number of halogens is 1. The van der Waals surface area contributed by atoms with Crippen molar-refractivity contribution in [1.29, 1.82) is 0 Å². The van der Waals surface area contributed by atoms with Crippen LogP contribution in [-0.4, -0.2) is 48.8 Å². The zero-order chi connectivity index (χ0) is 21.9. The molecule has 0 amide bonds. The number of hydrogen-bond acceptors (Lipinski definition) is 4. The van der Waals surface area contributed by atoms with Crippen molar-refractivity contribution in [2.75, 3.05) is 32.8 Å². The molecule has 1 saturated heterocycles. The number of nitrogens with zero attached hydrogens (tertiary/aromatic N) is 1. The van der Waals surface area contributed by atoms with Gasteiger partial charge in [-0.25, -0.2) is 0 Å². The Balaban J connectivity index is 1.58. The molecule has 0 bridgehead atoms. The Kier molecular flexibility index (Phi) is 6.95. The van der Waals surface area contributed by atoms with Crippen molar-refractivity contribution >= 4 is 5.97 Å².